The van der Waals surface area contributed by atoms with Crippen LogP contribution >= 0.6 is 0 Å². The summed E-state index contributed by atoms with van der Waals surface area (Å²) >= 11 is 0. The van der Waals surface area contributed by atoms with Gasteiger partial charge in [-0.1, -0.05) is 62.1 Å². The van der Waals surface area contributed by atoms with E-state index in [1.165, 1.54) is 0 Å². The van der Waals surface area contributed by atoms with Crippen LogP contribution in [0.5, 0.6) is 0 Å². The molecule has 0 aliphatic heterocycles. The lowest BCUT2D eigenvalue weighted by Gasteiger charge is -2.14. The molecule has 3 aromatic rings. The van der Waals surface area contributed by atoms with E-state index in [0.717, 1.165) is 40.8 Å². The smallest absolute Gasteiger partial charge is 0.255 e. The summed E-state index contributed by atoms with van der Waals surface area (Å²) in [4.78, 5) is 12.7. The van der Waals surface area contributed by atoms with Gasteiger partial charge in [0.05, 0.1) is 0 Å². The maximum atomic E-state index is 12.7. The Morgan fingerprint density at radius 2 is 1.30 bits per heavy atom. The largest absolute Gasteiger partial charge is 0.321 e. The monoisotopic (exact) mass is 353 g/mol. The van der Waals surface area contributed by atoms with Gasteiger partial charge in [0.15, 0.2) is 0 Å². The number of hydrogen-bond acceptors (Lipinski definition) is 1. The van der Waals surface area contributed by atoms with E-state index in [1.54, 1.807) is 0 Å². The Morgan fingerprint density at radius 1 is 0.741 bits per heavy atom. The third-order valence-electron chi connectivity index (χ3n) is 4.51. The summed E-state index contributed by atoms with van der Waals surface area (Å²) in [6, 6.07) is 23.5. The molecular formula is C25H23NO. The first kappa shape index (κ1) is 18.5. The molecule has 0 heterocycles. The summed E-state index contributed by atoms with van der Waals surface area (Å²) in [5.74, 6) is 6.17. The summed E-state index contributed by atoms with van der Waals surface area (Å²) < 4.78 is 0. The van der Waals surface area contributed by atoms with Crippen molar-refractivity contribution in [3.63, 3.8) is 0 Å². The minimum atomic E-state index is -0.0897. The van der Waals surface area contributed by atoms with Gasteiger partial charge in [-0.15, -0.1) is 0 Å². The Hall–Kier alpha value is -3.31. The fourth-order valence-electron chi connectivity index (χ4n) is 2.96. The van der Waals surface area contributed by atoms with Gasteiger partial charge in [-0.05, 0) is 60.4 Å². The van der Waals surface area contributed by atoms with Crippen molar-refractivity contribution >= 4 is 11.6 Å². The highest BCUT2D eigenvalue weighted by molar-refractivity contribution is 6.05. The predicted octanol–water partition coefficient (Wildman–Crippen LogP) is 5.46. The molecule has 0 atom stereocenters. The molecule has 2 nitrogen and oxygen atoms in total. The van der Waals surface area contributed by atoms with E-state index in [0.29, 0.717) is 5.56 Å². The Kier molecular flexibility index (Phi) is 6.07. The first-order valence-electron chi connectivity index (χ1n) is 9.30. The Bertz CT molecular complexity index is 954. The predicted molar refractivity (Wildman–Crippen MR) is 112 cm³/mol. The van der Waals surface area contributed by atoms with Crippen LogP contribution in [-0.4, -0.2) is 5.91 Å². The fourth-order valence-corrected chi connectivity index (χ4v) is 2.96. The van der Waals surface area contributed by atoms with Crippen molar-refractivity contribution in [3.05, 3.63) is 101 Å². The number of benzene rings is 3. The number of aryl methyl sites for hydroxylation is 2. The molecule has 0 unspecified atom stereocenters. The molecule has 0 saturated carbocycles. The molecule has 1 N–H and O–H groups in total. The number of rotatable bonds is 4. The normalized spacial score (nSPS) is 10.0. The van der Waals surface area contributed by atoms with Crippen LogP contribution < -0.4 is 5.32 Å². The van der Waals surface area contributed by atoms with E-state index in [-0.39, 0.29) is 5.91 Å². The summed E-state index contributed by atoms with van der Waals surface area (Å²) in [7, 11) is 0. The number of para-hydroxylation sites is 1. The number of anilines is 1. The van der Waals surface area contributed by atoms with Gasteiger partial charge >= 0.3 is 0 Å². The minimum Gasteiger partial charge on any atom is -0.321 e. The molecule has 0 aliphatic carbocycles. The Labute approximate surface area is 161 Å². The maximum absolute atomic E-state index is 12.7. The third kappa shape index (κ3) is 4.65. The Balaban J connectivity index is 1.76. The molecule has 0 bridgehead atoms. The summed E-state index contributed by atoms with van der Waals surface area (Å²) in [6.07, 6.45) is 1.77. The van der Waals surface area contributed by atoms with Gasteiger partial charge < -0.3 is 5.32 Å². The zero-order valence-corrected chi connectivity index (χ0v) is 15.8. The average molecular weight is 353 g/mol. The third-order valence-corrected chi connectivity index (χ3v) is 4.51. The highest BCUT2D eigenvalue weighted by atomic mass is 16.1. The average Bonchev–Trinajstić information content (AvgIpc) is 2.73. The van der Waals surface area contributed by atoms with Crippen LogP contribution in [-0.2, 0) is 12.8 Å². The van der Waals surface area contributed by atoms with Gasteiger partial charge in [0, 0.05) is 22.4 Å². The summed E-state index contributed by atoms with van der Waals surface area (Å²) in [5.41, 5.74) is 5.76. The second-order valence-corrected chi connectivity index (χ2v) is 6.31. The molecule has 0 aliphatic rings. The summed E-state index contributed by atoms with van der Waals surface area (Å²) in [6.45, 7) is 4.20. The molecule has 0 saturated heterocycles. The number of amides is 1. The lowest BCUT2D eigenvalue weighted by atomic mass is 10.0. The highest BCUT2D eigenvalue weighted by Crippen LogP contribution is 2.23. The fraction of sp³-hybridized carbons (Fsp3) is 0.160. The van der Waals surface area contributed by atoms with Gasteiger partial charge in [-0.25, -0.2) is 0 Å². The quantitative estimate of drug-likeness (QED) is 0.620. The first-order valence-corrected chi connectivity index (χ1v) is 9.30. The van der Waals surface area contributed by atoms with Crippen molar-refractivity contribution < 1.29 is 4.79 Å². The summed E-state index contributed by atoms with van der Waals surface area (Å²) in [5, 5.41) is 3.10. The van der Waals surface area contributed by atoms with Gasteiger partial charge in [-0.3, -0.25) is 4.79 Å². The number of carbonyl (C=O) groups excluding carboxylic acids is 1. The van der Waals surface area contributed by atoms with Crippen LogP contribution in [0.2, 0.25) is 0 Å². The standard InChI is InChI=1S/C25H23NO/c1-3-21-11-8-12-22(4-2)24(21)26-25(27)23-17-15-20(16-18-23)14-13-19-9-6-5-7-10-19/h5-12,15-18H,3-4H2,1-2H3,(H,26,27). The van der Waals surface area contributed by atoms with Crippen LogP contribution in [0.25, 0.3) is 0 Å². The maximum Gasteiger partial charge on any atom is 0.255 e. The lowest BCUT2D eigenvalue weighted by molar-refractivity contribution is 0.102. The topological polar surface area (TPSA) is 29.1 Å². The van der Waals surface area contributed by atoms with Crippen molar-refractivity contribution in [1.29, 1.82) is 0 Å². The van der Waals surface area contributed by atoms with Crippen LogP contribution in [0.15, 0.2) is 72.8 Å². The van der Waals surface area contributed by atoms with E-state index >= 15 is 0 Å². The van der Waals surface area contributed by atoms with Crippen molar-refractivity contribution in [2.45, 2.75) is 26.7 Å². The number of carbonyl (C=O) groups is 1. The Morgan fingerprint density at radius 3 is 1.85 bits per heavy atom. The molecule has 134 valence electrons. The van der Waals surface area contributed by atoms with E-state index in [4.69, 9.17) is 0 Å². The molecule has 0 spiro atoms. The van der Waals surface area contributed by atoms with Crippen LogP contribution in [0, 0.1) is 11.8 Å². The van der Waals surface area contributed by atoms with Gasteiger partial charge in [0.1, 0.15) is 0 Å². The molecule has 1 amide bonds. The first-order chi connectivity index (χ1) is 13.2. The molecule has 0 fully saturated rings. The number of hydrogen-bond donors (Lipinski definition) is 1. The van der Waals surface area contributed by atoms with Crippen molar-refractivity contribution in [3.8, 4) is 11.8 Å². The second-order valence-electron chi connectivity index (χ2n) is 6.31. The van der Waals surface area contributed by atoms with Crippen LogP contribution in [0.1, 0.15) is 46.5 Å². The van der Waals surface area contributed by atoms with Crippen LogP contribution in [0.4, 0.5) is 5.69 Å². The second kappa shape index (κ2) is 8.87. The van der Waals surface area contributed by atoms with E-state index in [1.807, 2.05) is 60.7 Å². The van der Waals surface area contributed by atoms with Gasteiger partial charge in [-0.2, -0.15) is 0 Å². The van der Waals surface area contributed by atoms with Crippen molar-refractivity contribution in [1.82, 2.24) is 0 Å². The van der Waals surface area contributed by atoms with E-state index in [9.17, 15) is 4.79 Å². The van der Waals surface area contributed by atoms with Crippen LogP contribution in [0.3, 0.4) is 0 Å². The molecule has 2 heteroatoms. The zero-order valence-electron chi connectivity index (χ0n) is 15.8. The van der Waals surface area contributed by atoms with Gasteiger partial charge in [0.2, 0.25) is 0 Å². The number of nitrogens with one attached hydrogen (secondary N) is 1. The zero-order chi connectivity index (χ0) is 19.1. The molecule has 0 aromatic heterocycles. The highest BCUT2D eigenvalue weighted by Gasteiger charge is 2.11. The van der Waals surface area contributed by atoms with Crippen molar-refractivity contribution in [2.75, 3.05) is 5.32 Å². The molecule has 27 heavy (non-hydrogen) atoms. The van der Waals surface area contributed by atoms with Gasteiger partial charge in [0.25, 0.3) is 5.91 Å². The molecule has 0 radical (unpaired) electrons. The molecule has 3 aromatic carbocycles. The SMILES string of the molecule is CCc1cccc(CC)c1NC(=O)c1ccc(C#Cc2ccccc2)cc1. The van der Waals surface area contributed by atoms with Crippen molar-refractivity contribution in [2.24, 2.45) is 0 Å². The minimum absolute atomic E-state index is 0.0897. The van der Waals surface area contributed by atoms with E-state index < -0.39 is 0 Å². The molecule has 3 rings (SSSR count). The van der Waals surface area contributed by atoms with E-state index in [2.05, 4.69) is 43.1 Å². The molecular weight excluding hydrogens is 330 g/mol. The lowest BCUT2D eigenvalue weighted by Crippen LogP contribution is -2.14.